The van der Waals surface area contributed by atoms with Gasteiger partial charge in [0.15, 0.2) is 0 Å². The van der Waals surface area contributed by atoms with Crippen molar-refractivity contribution in [2.45, 2.75) is 26.7 Å². The second kappa shape index (κ2) is 12.3. The van der Waals surface area contributed by atoms with Crippen LogP contribution in [0.5, 0.6) is 0 Å². The van der Waals surface area contributed by atoms with Crippen LogP contribution in [0.3, 0.4) is 0 Å². The zero-order valence-electron chi connectivity index (χ0n) is 14.0. The van der Waals surface area contributed by atoms with E-state index in [4.69, 9.17) is 0 Å². The molecule has 1 aromatic heterocycles. The van der Waals surface area contributed by atoms with Gasteiger partial charge in [-0.25, -0.2) is 4.98 Å². The molecule has 24 heavy (non-hydrogen) atoms. The van der Waals surface area contributed by atoms with Crippen LogP contribution in [-0.4, -0.2) is 30.5 Å². The highest BCUT2D eigenvalue weighted by Crippen LogP contribution is 2.24. The van der Waals surface area contributed by atoms with Crippen molar-refractivity contribution < 1.29 is 4.79 Å². The number of aryl methyl sites for hydroxylation is 1. The van der Waals surface area contributed by atoms with Gasteiger partial charge in [0.1, 0.15) is 5.01 Å². The average Bonchev–Trinajstić information content (AvgIpc) is 2.96. The number of carbonyl (C=O) groups excluding carboxylic acids is 1. The van der Waals surface area contributed by atoms with E-state index in [1.165, 1.54) is 5.56 Å². The van der Waals surface area contributed by atoms with Crippen LogP contribution < -0.4 is 10.6 Å². The van der Waals surface area contributed by atoms with Gasteiger partial charge in [0.25, 0.3) is 0 Å². The van der Waals surface area contributed by atoms with E-state index in [9.17, 15) is 4.79 Å². The molecule has 134 valence electrons. The van der Waals surface area contributed by atoms with Crippen molar-refractivity contribution in [3.63, 3.8) is 0 Å². The lowest BCUT2D eigenvalue weighted by atomic mass is 10.2. The number of thiazole rings is 1. The number of halogens is 2. The number of amides is 1. The van der Waals surface area contributed by atoms with Crippen LogP contribution in [0.1, 0.15) is 24.6 Å². The van der Waals surface area contributed by atoms with E-state index in [0.717, 1.165) is 35.8 Å². The topological polar surface area (TPSA) is 54.0 Å². The molecule has 1 aromatic carbocycles. The van der Waals surface area contributed by atoms with Crippen molar-refractivity contribution in [1.29, 1.82) is 0 Å². The number of rotatable bonds is 8. The summed E-state index contributed by atoms with van der Waals surface area (Å²) in [5.74, 6) is 0.0269. The number of hydrogen-bond acceptors (Lipinski definition) is 4. The maximum absolute atomic E-state index is 11.9. The minimum Gasteiger partial charge on any atom is -0.354 e. The Morgan fingerprint density at radius 2 is 1.83 bits per heavy atom. The van der Waals surface area contributed by atoms with Gasteiger partial charge in [0.05, 0.1) is 12.1 Å². The van der Waals surface area contributed by atoms with Crippen molar-refractivity contribution in [1.82, 2.24) is 15.6 Å². The number of carbonyl (C=O) groups is 1. The van der Waals surface area contributed by atoms with Crippen LogP contribution in [0.2, 0.25) is 0 Å². The third-order valence-electron chi connectivity index (χ3n) is 3.24. The van der Waals surface area contributed by atoms with E-state index in [2.05, 4.69) is 53.7 Å². The molecule has 1 heterocycles. The molecule has 0 aliphatic heterocycles. The monoisotopic (exact) mass is 389 g/mol. The Morgan fingerprint density at radius 3 is 2.50 bits per heavy atom. The maximum atomic E-state index is 11.9. The Bertz CT molecular complexity index is 602. The zero-order valence-corrected chi connectivity index (χ0v) is 16.5. The van der Waals surface area contributed by atoms with Crippen molar-refractivity contribution in [2.75, 3.05) is 19.6 Å². The lowest BCUT2D eigenvalue weighted by Gasteiger charge is -2.05. The molecule has 0 aliphatic carbocycles. The quantitative estimate of drug-likeness (QED) is 0.677. The standard InChI is InChI=1S/C17H23N3OS.2ClH/c1-3-8-18-9-10-19-16(21)11-15-12-22-17(20-15)14-6-4-13(2)5-7-14;;/h4-7,12,18H,3,8-11H2,1-2H3,(H,19,21);2*1H. The third kappa shape index (κ3) is 7.62. The SMILES string of the molecule is CCCNCCNC(=O)Cc1csc(-c2ccc(C)cc2)n1.Cl.Cl. The smallest absolute Gasteiger partial charge is 0.226 e. The predicted octanol–water partition coefficient (Wildman–Crippen LogP) is 3.62. The first-order valence-electron chi connectivity index (χ1n) is 7.68. The molecule has 0 radical (unpaired) electrons. The normalized spacial score (nSPS) is 9.75. The molecule has 4 nitrogen and oxygen atoms in total. The van der Waals surface area contributed by atoms with E-state index in [0.29, 0.717) is 13.0 Å². The summed E-state index contributed by atoms with van der Waals surface area (Å²) >= 11 is 1.58. The van der Waals surface area contributed by atoms with Gasteiger partial charge in [0, 0.05) is 24.0 Å². The Kier molecular flexibility index (Phi) is 11.7. The summed E-state index contributed by atoms with van der Waals surface area (Å²) in [4.78, 5) is 16.4. The largest absolute Gasteiger partial charge is 0.354 e. The number of hydrogen-bond donors (Lipinski definition) is 2. The van der Waals surface area contributed by atoms with Crippen LogP contribution in [-0.2, 0) is 11.2 Å². The van der Waals surface area contributed by atoms with Crippen molar-refractivity contribution in [2.24, 2.45) is 0 Å². The molecule has 2 rings (SSSR count). The highest BCUT2D eigenvalue weighted by atomic mass is 35.5. The van der Waals surface area contributed by atoms with Gasteiger partial charge in [0.2, 0.25) is 5.91 Å². The molecule has 0 fully saturated rings. The average molecular weight is 390 g/mol. The molecule has 1 amide bonds. The molecule has 2 N–H and O–H groups in total. The molecular formula is C17H25Cl2N3OS. The lowest BCUT2D eigenvalue weighted by Crippen LogP contribution is -2.33. The van der Waals surface area contributed by atoms with Gasteiger partial charge in [-0.3, -0.25) is 4.79 Å². The summed E-state index contributed by atoms with van der Waals surface area (Å²) in [5, 5.41) is 9.09. The van der Waals surface area contributed by atoms with E-state index >= 15 is 0 Å². The summed E-state index contributed by atoms with van der Waals surface area (Å²) in [7, 11) is 0. The van der Waals surface area contributed by atoms with E-state index in [-0.39, 0.29) is 30.7 Å². The van der Waals surface area contributed by atoms with Crippen LogP contribution in [0.4, 0.5) is 0 Å². The summed E-state index contributed by atoms with van der Waals surface area (Å²) in [6.07, 6.45) is 1.45. The van der Waals surface area contributed by atoms with Gasteiger partial charge in [-0.1, -0.05) is 36.8 Å². The Hall–Kier alpha value is -1.14. The van der Waals surface area contributed by atoms with Crippen LogP contribution >= 0.6 is 36.2 Å². The molecule has 0 atom stereocenters. The molecule has 0 bridgehead atoms. The Morgan fingerprint density at radius 1 is 1.12 bits per heavy atom. The first kappa shape index (κ1) is 22.9. The summed E-state index contributed by atoms with van der Waals surface area (Å²) < 4.78 is 0. The molecule has 2 aromatic rings. The van der Waals surface area contributed by atoms with Crippen molar-refractivity contribution in [3.05, 3.63) is 40.9 Å². The molecule has 0 spiro atoms. The van der Waals surface area contributed by atoms with Crippen LogP contribution in [0, 0.1) is 6.92 Å². The zero-order chi connectivity index (χ0) is 15.8. The number of aromatic nitrogens is 1. The summed E-state index contributed by atoms with van der Waals surface area (Å²) in [6, 6.07) is 8.29. The van der Waals surface area contributed by atoms with E-state index in [1.807, 2.05) is 5.38 Å². The van der Waals surface area contributed by atoms with Crippen LogP contribution in [0.25, 0.3) is 10.6 Å². The summed E-state index contributed by atoms with van der Waals surface area (Å²) in [6.45, 7) is 6.65. The first-order valence-corrected chi connectivity index (χ1v) is 8.56. The second-order valence-corrected chi connectivity index (χ2v) is 6.14. The van der Waals surface area contributed by atoms with E-state index < -0.39 is 0 Å². The predicted molar refractivity (Wildman–Crippen MR) is 107 cm³/mol. The van der Waals surface area contributed by atoms with Gasteiger partial charge in [-0.15, -0.1) is 36.2 Å². The van der Waals surface area contributed by atoms with Crippen molar-refractivity contribution in [3.8, 4) is 10.6 Å². The van der Waals surface area contributed by atoms with Crippen LogP contribution in [0.15, 0.2) is 29.6 Å². The lowest BCUT2D eigenvalue weighted by molar-refractivity contribution is -0.120. The molecule has 7 heteroatoms. The second-order valence-electron chi connectivity index (χ2n) is 5.29. The fourth-order valence-corrected chi connectivity index (χ4v) is 2.86. The highest BCUT2D eigenvalue weighted by molar-refractivity contribution is 7.13. The minimum atomic E-state index is 0. The first-order chi connectivity index (χ1) is 10.7. The van der Waals surface area contributed by atoms with E-state index in [1.54, 1.807) is 11.3 Å². The molecular weight excluding hydrogens is 365 g/mol. The van der Waals surface area contributed by atoms with Gasteiger partial charge in [-0.05, 0) is 19.9 Å². The third-order valence-corrected chi connectivity index (χ3v) is 4.18. The molecule has 0 saturated heterocycles. The fourth-order valence-electron chi connectivity index (χ4n) is 2.04. The molecule has 0 aliphatic rings. The van der Waals surface area contributed by atoms with Crippen molar-refractivity contribution >= 4 is 42.1 Å². The number of nitrogens with one attached hydrogen (secondary N) is 2. The summed E-state index contributed by atoms with van der Waals surface area (Å²) in [5.41, 5.74) is 3.17. The maximum Gasteiger partial charge on any atom is 0.226 e. The van der Waals surface area contributed by atoms with Gasteiger partial charge in [-0.2, -0.15) is 0 Å². The van der Waals surface area contributed by atoms with Gasteiger partial charge < -0.3 is 10.6 Å². The number of benzene rings is 1. The minimum absolute atomic E-state index is 0. The van der Waals surface area contributed by atoms with Gasteiger partial charge >= 0.3 is 0 Å². The fraction of sp³-hybridized carbons (Fsp3) is 0.412. The number of nitrogens with zero attached hydrogens (tertiary/aromatic N) is 1. The molecule has 0 unspecified atom stereocenters. The Balaban J connectivity index is 0.00000264. The highest BCUT2D eigenvalue weighted by Gasteiger charge is 2.08. The molecule has 0 saturated carbocycles. The Labute approximate surface area is 160 Å².